The van der Waals surface area contributed by atoms with Crippen LogP contribution in [0.25, 0.3) is 10.4 Å². The lowest BCUT2D eigenvalue weighted by atomic mass is 10.1. The number of hydrogen-bond acceptors (Lipinski definition) is 5. The first-order valence-electron chi connectivity index (χ1n) is 5.76. The van der Waals surface area contributed by atoms with Crippen LogP contribution >= 0.6 is 0 Å². The van der Waals surface area contributed by atoms with E-state index < -0.39 is 42.4 Å². The molecule has 1 fully saturated rings. The number of ether oxygens (including phenoxy) is 1. The van der Waals surface area contributed by atoms with Gasteiger partial charge in [0.15, 0.2) is 0 Å². The molecule has 0 saturated carbocycles. The highest BCUT2D eigenvalue weighted by Crippen LogP contribution is 2.32. The van der Waals surface area contributed by atoms with Crippen molar-refractivity contribution in [2.75, 3.05) is 6.61 Å². The van der Waals surface area contributed by atoms with Gasteiger partial charge < -0.3 is 9.84 Å². The highest BCUT2D eigenvalue weighted by molar-refractivity contribution is 5.04. The molecule has 0 amide bonds. The first-order chi connectivity index (χ1) is 9.49. The Morgan fingerprint density at radius 1 is 1.65 bits per heavy atom. The monoisotopic (exact) mass is 285 g/mol. The van der Waals surface area contributed by atoms with E-state index in [1.807, 2.05) is 4.98 Å². The topological polar surface area (TPSA) is 133 Å². The maximum Gasteiger partial charge on any atom is 0.330 e. The second-order valence-electron chi connectivity index (χ2n) is 4.37. The molecule has 0 unspecified atom stereocenters. The Morgan fingerprint density at radius 3 is 2.95 bits per heavy atom. The minimum Gasteiger partial charge on any atom is -0.394 e. The Kier molecular flexibility index (Phi) is 3.89. The van der Waals surface area contributed by atoms with Gasteiger partial charge in [0.2, 0.25) is 0 Å². The molecule has 0 spiro atoms. The highest BCUT2D eigenvalue weighted by atomic mass is 19.1. The lowest BCUT2D eigenvalue weighted by molar-refractivity contribution is -0.0372. The van der Waals surface area contributed by atoms with E-state index in [9.17, 15) is 14.0 Å². The van der Waals surface area contributed by atoms with Crippen molar-refractivity contribution >= 4 is 0 Å². The summed E-state index contributed by atoms with van der Waals surface area (Å²) in [6, 6.07) is -1.31. The minimum absolute atomic E-state index is 0.218. The third-order valence-corrected chi connectivity index (χ3v) is 3.07. The van der Waals surface area contributed by atoms with Crippen LogP contribution in [0, 0.1) is 6.92 Å². The number of aliphatic hydroxyl groups is 1. The highest BCUT2D eigenvalue weighted by Gasteiger charge is 2.45. The third kappa shape index (κ3) is 2.31. The summed E-state index contributed by atoms with van der Waals surface area (Å²) in [7, 11) is 0. The fourth-order valence-corrected chi connectivity index (χ4v) is 2.04. The largest absolute Gasteiger partial charge is 0.394 e. The average molecular weight is 285 g/mol. The van der Waals surface area contributed by atoms with E-state index >= 15 is 0 Å². The van der Waals surface area contributed by atoms with Crippen LogP contribution in [0.4, 0.5) is 4.39 Å². The molecule has 108 valence electrons. The molecular weight excluding hydrogens is 273 g/mol. The molecule has 4 atom stereocenters. The smallest absolute Gasteiger partial charge is 0.330 e. The molecule has 2 N–H and O–H groups in total. The SMILES string of the molecule is Cc1cn([C@@H]2O[C@H](CO)[C@@H](F)[C@H]2N=[N+]=[N-])c(=O)[nH]c1=O. The molecule has 0 bridgehead atoms. The molecule has 0 radical (unpaired) electrons. The number of H-pyrrole nitrogens is 1. The first-order valence-corrected chi connectivity index (χ1v) is 5.76. The normalized spacial score (nSPS) is 29.1. The second kappa shape index (κ2) is 5.45. The van der Waals surface area contributed by atoms with E-state index in [1.54, 1.807) is 0 Å². The zero-order valence-electron chi connectivity index (χ0n) is 10.4. The fraction of sp³-hybridized carbons (Fsp3) is 0.600. The summed E-state index contributed by atoms with van der Waals surface area (Å²) < 4.78 is 20.1. The lowest BCUT2D eigenvalue weighted by Gasteiger charge is -2.17. The molecule has 0 aliphatic carbocycles. The number of nitrogens with one attached hydrogen (secondary N) is 1. The molecule has 2 heterocycles. The molecule has 10 heteroatoms. The van der Waals surface area contributed by atoms with Gasteiger partial charge in [0.1, 0.15) is 24.5 Å². The number of aromatic amines is 1. The fourth-order valence-electron chi connectivity index (χ4n) is 2.04. The van der Waals surface area contributed by atoms with E-state index in [0.717, 1.165) is 4.57 Å². The Balaban J connectivity index is 2.50. The predicted molar refractivity (Wildman–Crippen MR) is 64.9 cm³/mol. The minimum atomic E-state index is -1.75. The first kappa shape index (κ1) is 14.3. The van der Waals surface area contributed by atoms with Crippen molar-refractivity contribution in [2.24, 2.45) is 5.11 Å². The number of rotatable bonds is 3. The van der Waals surface area contributed by atoms with Crippen LogP contribution in [0.2, 0.25) is 0 Å². The number of aryl methyl sites for hydroxylation is 1. The van der Waals surface area contributed by atoms with E-state index in [-0.39, 0.29) is 5.56 Å². The van der Waals surface area contributed by atoms with Gasteiger partial charge in [-0.05, 0) is 12.5 Å². The number of nitrogens with zero attached hydrogens (tertiary/aromatic N) is 4. The molecule has 1 aliphatic rings. The lowest BCUT2D eigenvalue weighted by Crippen LogP contribution is -2.37. The van der Waals surface area contributed by atoms with Gasteiger partial charge in [0.05, 0.1) is 6.61 Å². The van der Waals surface area contributed by atoms with Gasteiger partial charge in [-0.25, -0.2) is 9.18 Å². The van der Waals surface area contributed by atoms with Gasteiger partial charge in [-0.2, -0.15) is 0 Å². The molecule has 1 aromatic heterocycles. The Hall–Kier alpha value is -2.16. The molecule has 9 nitrogen and oxygen atoms in total. The molecule has 1 aromatic rings. The van der Waals surface area contributed by atoms with Crippen molar-refractivity contribution in [2.45, 2.75) is 31.5 Å². The summed E-state index contributed by atoms with van der Waals surface area (Å²) in [6.07, 6.45) is -2.98. The van der Waals surface area contributed by atoms with Gasteiger partial charge in [-0.15, -0.1) is 0 Å². The van der Waals surface area contributed by atoms with Gasteiger partial charge in [0.25, 0.3) is 5.56 Å². The van der Waals surface area contributed by atoms with Crippen molar-refractivity contribution < 1.29 is 14.2 Å². The van der Waals surface area contributed by atoms with Gasteiger partial charge in [-0.1, -0.05) is 5.11 Å². The predicted octanol–water partition coefficient (Wildman–Crippen LogP) is -0.248. The Morgan fingerprint density at radius 2 is 2.35 bits per heavy atom. The number of aliphatic hydroxyl groups excluding tert-OH is 1. The van der Waals surface area contributed by atoms with E-state index in [4.69, 9.17) is 15.4 Å². The van der Waals surface area contributed by atoms with Gasteiger partial charge in [0, 0.05) is 16.7 Å². The van der Waals surface area contributed by atoms with Crippen LogP contribution < -0.4 is 11.2 Å². The molecule has 1 aliphatic heterocycles. The number of hydrogen-bond donors (Lipinski definition) is 2. The van der Waals surface area contributed by atoms with Crippen LogP contribution in [0.3, 0.4) is 0 Å². The molecule has 1 saturated heterocycles. The summed E-state index contributed by atoms with van der Waals surface area (Å²) in [4.78, 5) is 27.6. The number of aromatic nitrogens is 2. The number of azide groups is 1. The standard InChI is InChI=1S/C10H12FN5O4/c1-4-2-16(10(19)13-8(4)18)9-7(14-15-12)6(11)5(3-17)20-9/h2,5-7,9,17H,3H2,1H3,(H,13,18,19)/t5-,6-,7-,9-/m1/s1. The maximum atomic E-state index is 13.9. The third-order valence-electron chi connectivity index (χ3n) is 3.07. The summed E-state index contributed by atoms with van der Waals surface area (Å²) in [6.45, 7) is 0.842. The van der Waals surface area contributed by atoms with E-state index in [2.05, 4.69) is 10.0 Å². The van der Waals surface area contributed by atoms with Gasteiger partial charge >= 0.3 is 5.69 Å². The van der Waals surface area contributed by atoms with E-state index in [0.29, 0.717) is 0 Å². The van der Waals surface area contributed by atoms with Crippen LogP contribution in [0.5, 0.6) is 0 Å². The van der Waals surface area contributed by atoms with Crippen LogP contribution in [-0.4, -0.2) is 39.6 Å². The molecule has 2 rings (SSSR count). The van der Waals surface area contributed by atoms with Crippen LogP contribution in [0.15, 0.2) is 20.9 Å². The van der Waals surface area contributed by atoms with Crippen molar-refractivity contribution in [3.8, 4) is 0 Å². The summed E-state index contributed by atoms with van der Waals surface area (Å²) >= 11 is 0. The Labute approximate surface area is 111 Å². The van der Waals surface area contributed by atoms with Crippen molar-refractivity contribution in [3.63, 3.8) is 0 Å². The maximum absolute atomic E-state index is 13.9. The quantitative estimate of drug-likeness (QED) is 0.450. The number of alkyl halides is 1. The van der Waals surface area contributed by atoms with Crippen molar-refractivity contribution in [3.05, 3.63) is 43.0 Å². The molecular formula is C10H12FN5O4. The van der Waals surface area contributed by atoms with E-state index in [1.165, 1.54) is 13.1 Å². The zero-order valence-corrected chi connectivity index (χ0v) is 10.4. The summed E-state index contributed by atoms with van der Waals surface area (Å²) in [5, 5.41) is 12.3. The summed E-state index contributed by atoms with van der Waals surface area (Å²) in [5.74, 6) is 0. The average Bonchev–Trinajstić information content (AvgIpc) is 2.72. The molecule has 0 aromatic carbocycles. The van der Waals surface area contributed by atoms with Crippen molar-refractivity contribution in [1.29, 1.82) is 0 Å². The molecule has 20 heavy (non-hydrogen) atoms. The number of halogens is 1. The van der Waals surface area contributed by atoms with Gasteiger partial charge in [-0.3, -0.25) is 14.3 Å². The van der Waals surface area contributed by atoms with Crippen LogP contribution in [-0.2, 0) is 4.74 Å². The Bertz CT molecular complexity index is 664. The van der Waals surface area contributed by atoms with Crippen LogP contribution in [0.1, 0.15) is 11.8 Å². The second-order valence-corrected chi connectivity index (χ2v) is 4.37. The summed E-state index contributed by atoms with van der Waals surface area (Å²) in [5.41, 5.74) is 7.30. The van der Waals surface area contributed by atoms with Crippen molar-refractivity contribution in [1.82, 2.24) is 9.55 Å². The zero-order chi connectivity index (χ0) is 14.9.